The van der Waals surface area contributed by atoms with Crippen LogP contribution in [0.1, 0.15) is 56.8 Å². The molecule has 1 unspecified atom stereocenters. The number of imide groups is 2. The van der Waals surface area contributed by atoms with E-state index in [0.717, 1.165) is 23.5 Å². The third kappa shape index (κ3) is 4.41. The Bertz CT molecular complexity index is 1200. The number of ether oxygens (including phenoxy) is 1. The van der Waals surface area contributed by atoms with Gasteiger partial charge in [-0.25, -0.2) is 0 Å². The number of hydrogen-bond donors (Lipinski definition) is 1. The average molecular weight is 476 g/mol. The minimum absolute atomic E-state index is 0.0554. The van der Waals surface area contributed by atoms with E-state index in [1.807, 2.05) is 30.3 Å². The predicted molar refractivity (Wildman–Crippen MR) is 124 cm³/mol. The fourth-order valence-corrected chi connectivity index (χ4v) is 4.82. The minimum Gasteiger partial charge on any atom is -0.493 e. The quantitative estimate of drug-likeness (QED) is 0.662. The van der Waals surface area contributed by atoms with Crippen LogP contribution >= 0.6 is 0 Å². The summed E-state index contributed by atoms with van der Waals surface area (Å²) in [5.74, 6) is -1.31. The van der Waals surface area contributed by atoms with Gasteiger partial charge in [0, 0.05) is 25.1 Å². The zero-order valence-electron chi connectivity index (χ0n) is 19.1. The zero-order valence-corrected chi connectivity index (χ0v) is 19.1. The molecular weight excluding hydrogens is 450 g/mol. The molecule has 3 aliphatic heterocycles. The number of benzene rings is 2. The van der Waals surface area contributed by atoms with Crippen molar-refractivity contribution >= 4 is 29.5 Å². The summed E-state index contributed by atoms with van der Waals surface area (Å²) in [6, 6.07) is 13.0. The topological polar surface area (TPSA) is 113 Å². The number of piperidine rings is 2. The van der Waals surface area contributed by atoms with Gasteiger partial charge in [0.2, 0.25) is 11.8 Å². The summed E-state index contributed by atoms with van der Waals surface area (Å²) in [4.78, 5) is 65.3. The van der Waals surface area contributed by atoms with Crippen LogP contribution in [-0.2, 0) is 9.59 Å². The summed E-state index contributed by atoms with van der Waals surface area (Å²) in [6.07, 6.45) is 1.76. The SMILES string of the molecule is O=C1CCC(N2C(=O)c3ccc(C(=O)N4CCC(COc5ccccc5)CC4)cc3C2=O)C(=O)N1. The van der Waals surface area contributed by atoms with Crippen LogP contribution in [0.5, 0.6) is 5.75 Å². The van der Waals surface area contributed by atoms with Gasteiger partial charge >= 0.3 is 0 Å². The summed E-state index contributed by atoms with van der Waals surface area (Å²) in [7, 11) is 0. The molecule has 0 aliphatic carbocycles. The van der Waals surface area contributed by atoms with Gasteiger partial charge in [-0.05, 0) is 55.5 Å². The molecule has 35 heavy (non-hydrogen) atoms. The zero-order chi connectivity index (χ0) is 24.5. The molecule has 5 amide bonds. The Hall–Kier alpha value is -4.01. The largest absolute Gasteiger partial charge is 0.493 e. The summed E-state index contributed by atoms with van der Waals surface area (Å²) < 4.78 is 5.85. The van der Waals surface area contributed by atoms with Gasteiger partial charge in [-0.15, -0.1) is 0 Å². The molecule has 1 atom stereocenters. The molecule has 3 heterocycles. The van der Waals surface area contributed by atoms with E-state index in [9.17, 15) is 24.0 Å². The molecule has 9 heteroatoms. The molecule has 180 valence electrons. The fourth-order valence-electron chi connectivity index (χ4n) is 4.82. The van der Waals surface area contributed by atoms with E-state index in [4.69, 9.17) is 4.74 Å². The lowest BCUT2D eigenvalue weighted by molar-refractivity contribution is -0.136. The van der Waals surface area contributed by atoms with Gasteiger partial charge in [0.1, 0.15) is 11.8 Å². The minimum atomic E-state index is -1.03. The van der Waals surface area contributed by atoms with Gasteiger partial charge in [-0.1, -0.05) is 18.2 Å². The highest BCUT2D eigenvalue weighted by Crippen LogP contribution is 2.29. The highest BCUT2D eigenvalue weighted by atomic mass is 16.5. The van der Waals surface area contributed by atoms with E-state index >= 15 is 0 Å². The fraction of sp³-hybridized carbons (Fsp3) is 0.346. The second kappa shape index (κ2) is 9.32. The van der Waals surface area contributed by atoms with Crippen LogP contribution in [0.2, 0.25) is 0 Å². The first-order chi connectivity index (χ1) is 16.9. The third-order valence-electron chi connectivity index (χ3n) is 6.82. The number of amides is 5. The van der Waals surface area contributed by atoms with Gasteiger partial charge in [0.05, 0.1) is 17.7 Å². The maximum Gasteiger partial charge on any atom is 0.262 e. The monoisotopic (exact) mass is 475 g/mol. The first kappa shape index (κ1) is 22.8. The number of likely N-dealkylation sites (tertiary alicyclic amines) is 1. The van der Waals surface area contributed by atoms with Gasteiger partial charge in [-0.2, -0.15) is 0 Å². The molecule has 0 bridgehead atoms. The number of nitrogens with one attached hydrogen (secondary N) is 1. The Morgan fingerprint density at radius 1 is 0.914 bits per heavy atom. The van der Waals surface area contributed by atoms with Crippen LogP contribution < -0.4 is 10.1 Å². The van der Waals surface area contributed by atoms with Crippen LogP contribution in [0.25, 0.3) is 0 Å². The number of para-hydroxylation sites is 1. The first-order valence-corrected chi connectivity index (χ1v) is 11.7. The molecule has 0 radical (unpaired) electrons. The number of nitrogens with zero attached hydrogens (tertiary/aromatic N) is 2. The van der Waals surface area contributed by atoms with E-state index in [2.05, 4.69) is 5.32 Å². The van der Waals surface area contributed by atoms with Crippen molar-refractivity contribution in [3.63, 3.8) is 0 Å². The van der Waals surface area contributed by atoms with Crippen LogP contribution in [0.15, 0.2) is 48.5 Å². The second-order valence-electron chi connectivity index (χ2n) is 9.07. The summed E-state index contributed by atoms with van der Waals surface area (Å²) in [5.41, 5.74) is 0.596. The van der Waals surface area contributed by atoms with Crippen molar-refractivity contribution in [2.24, 2.45) is 5.92 Å². The van der Waals surface area contributed by atoms with Crippen molar-refractivity contribution in [3.8, 4) is 5.75 Å². The van der Waals surface area contributed by atoms with Crippen molar-refractivity contribution < 1.29 is 28.7 Å². The van der Waals surface area contributed by atoms with Crippen molar-refractivity contribution in [1.29, 1.82) is 0 Å². The Morgan fingerprint density at radius 2 is 1.63 bits per heavy atom. The molecular formula is C26H25N3O6. The molecule has 5 rings (SSSR count). The summed E-state index contributed by atoms with van der Waals surface area (Å²) >= 11 is 0. The third-order valence-corrected chi connectivity index (χ3v) is 6.82. The lowest BCUT2D eigenvalue weighted by atomic mass is 9.96. The summed E-state index contributed by atoms with van der Waals surface area (Å²) in [6.45, 7) is 1.75. The molecule has 2 aromatic rings. The van der Waals surface area contributed by atoms with Crippen molar-refractivity contribution in [2.45, 2.75) is 31.7 Å². The second-order valence-corrected chi connectivity index (χ2v) is 9.07. The maximum atomic E-state index is 13.1. The van der Waals surface area contributed by atoms with Gasteiger partial charge in [-0.3, -0.25) is 34.2 Å². The van der Waals surface area contributed by atoms with Gasteiger partial charge < -0.3 is 9.64 Å². The lowest BCUT2D eigenvalue weighted by Crippen LogP contribution is -2.54. The van der Waals surface area contributed by atoms with Crippen molar-refractivity contribution in [1.82, 2.24) is 15.1 Å². The number of carbonyl (C=O) groups excluding carboxylic acids is 5. The number of hydrogen-bond acceptors (Lipinski definition) is 6. The highest BCUT2D eigenvalue weighted by molar-refractivity contribution is 6.24. The van der Waals surface area contributed by atoms with Crippen molar-refractivity contribution in [2.75, 3.05) is 19.7 Å². The Morgan fingerprint density at radius 3 is 2.34 bits per heavy atom. The van der Waals surface area contributed by atoms with Gasteiger partial charge in [0.25, 0.3) is 17.7 Å². The Labute approximate surface area is 202 Å². The first-order valence-electron chi connectivity index (χ1n) is 11.7. The van der Waals surface area contributed by atoms with Gasteiger partial charge in [0.15, 0.2) is 0 Å². The normalized spacial score (nSPS) is 20.6. The van der Waals surface area contributed by atoms with E-state index < -0.39 is 29.7 Å². The number of fused-ring (bicyclic) bond motifs is 1. The maximum absolute atomic E-state index is 13.1. The number of rotatable bonds is 5. The molecule has 0 spiro atoms. The average Bonchev–Trinajstić information content (AvgIpc) is 3.12. The Balaban J connectivity index is 1.23. The van der Waals surface area contributed by atoms with Crippen molar-refractivity contribution in [3.05, 3.63) is 65.2 Å². The molecule has 3 aliphatic rings. The van der Waals surface area contributed by atoms with E-state index in [1.54, 1.807) is 11.0 Å². The predicted octanol–water partition coefficient (Wildman–Crippen LogP) is 2.02. The lowest BCUT2D eigenvalue weighted by Gasteiger charge is -2.32. The molecule has 1 N–H and O–H groups in total. The molecule has 0 saturated carbocycles. The molecule has 0 aromatic heterocycles. The molecule has 2 aromatic carbocycles. The molecule has 9 nitrogen and oxygen atoms in total. The van der Waals surface area contributed by atoms with Crippen LogP contribution in [0, 0.1) is 5.92 Å². The van der Waals surface area contributed by atoms with Crippen LogP contribution in [0.4, 0.5) is 0 Å². The van der Waals surface area contributed by atoms with E-state index in [-0.39, 0.29) is 29.9 Å². The van der Waals surface area contributed by atoms with Crippen LogP contribution in [0.3, 0.4) is 0 Å². The summed E-state index contributed by atoms with van der Waals surface area (Å²) in [5, 5.41) is 2.17. The molecule has 2 fully saturated rings. The Kier molecular flexibility index (Phi) is 6.07. The number of carbonyl (C=O) groups is 5. The standard InChI is InChI=1S/C26H25N3O6/c30-22-9-8-21(23(31)27-22)29-25(33)19-7-6-17(14-20(19)26(29)34)24(32)28-12-10-16(11-13-28)15-35-18-4-2-1-3-5-18/h1-7,14,16,21H,8-13,15H2,(H,27,30,31). The van der Waals surface area contributed by atoms with E-state index in [1.165, 1.54) is 12.1 Å². The molecule has 2 saturated heterocycles. The highest BCUT2D eigenvalue weighted by Gasteiger charge is 2.44. The smallest absolute Gasteiger partial charge is 0.262 e. The van der Waals surface area contributed by atoms with E-state index in [0.29, 0.717) is 31.2 Å². The van der Waals surface area contributed by atoms with Crippen LogP contribution in [-0.4, -0.2) is 65.1 Å².